The third-order valence-electron chi connectivity index (χ3n) is 6.47. The lowest BCUT2D eigenvalue weighted by Crippen LogP contribution is -2.43. The number of anilines is 1. The van der Waals surface area contributed by atoms with E-state index in [1.807, 2.05) is 35.2 Å². The van der Waals surface area contributed by atoms with Crippen molar-refractivity contribution in [2.24, 2.45) is 5.92 Å². The molecular weight excluding hydrogens is 442 g/mol. The van der Waals surface area contributed by atoms with E-state index in [9.17, 15) is 4.79 Å². The van der Waals surface area contributed by atoms with Crippen molar-refractivity contribution in [3.05, 3.63) is 60.2 Å². The number of methoxy groups -OCH3 is 1. The molecule has 0 radical (unpaired) electrons. The van der Waals surface area contributed by atoms with E-state index >= 15 is 0 Å². The van der Waals surface area contributed by atoms with Crippen molar-refractivity contribution in [3.63, 3.8) is 0 Å². The second-order valence-corrected chi connectivity index (χ2v) is 8.91. The maximum absolute atomic E-state index is 12.8. The Morgan fingerprint density at radius 1 is 1.20 bits per heavy atom. The SMILES string of the molecule is CCN(CCCNC(=O)[C@@H]1CCCN(c2nc(-c3ccc(OC)cc3)no2)C1)Cc1ccccc1. The smallest absolute Gasteiger partial charge is 0.324 e. The molecule has 2 heterocycles. The number of ether oxygens (including phenoxy) is 1. The largest absolute Gasteiger partial charge is 0.497 e. The molecule has 1 aliphatic heterocycles. The lowest BCUT2D eigenvalue weighted by molar-refractivity contribution is -0.125. The van der Waals surface area contributed by atoms with E-state index in [2.05, 4.69) is 51.5 Å². The Bertz CT molecular complexity index is 1050. The number of piperidine rings is 1. The number of aromatic nitrogens is 2. The van der Waals surface area contributed by atoms with E-state index in [1.54, 1.807) is 7.11 Å². The van der Waals surface area contributed by atoms with Crippen LogP contribution in [0.1, 0.15) is 31.7 Å². The van der Waals surface area contributed by atoms with Gasteiger partial charge in [0.05, 0.1) is 13.0 Å². The highest BCUT2D eigenvalue weighted by atomic mass is 16.5. The quantitative estimate of drug-likeness (QED) is 0.418. The summed E-state index contributed by atoms with van der Waals surface area (Å²) in [6.45, 7) is 7.13. The predicted octanol–water partition coefficient (Wildman–Crippen LogP) is 3.99. The molecule has 8 heteroatoms. The fourth-order valence-electron chi connectivity index (χ4n) is 4.42. The van der Waals surface area contributed by atoms with Crippen LogP contribution in [0.4, 0.5) is 6.01 Å². The minimum Gasteiger partial charge on any atom is -0.497 e. The van der Waals surface area contributed by atoms with Crippen LogP contribution in [0.15, 0.2) is 59.1 Å². The Labute approximate surface area is 207 Å². The van der Waals surface area contributed by atoms with Crippen LogP contribution in [0, 0.1) is 5.92 Å². The lowest BCUT2D eigenvalue weighted by atomic mass is 9.97. The first-order valence-corrected chi connectivity index (χ1v) is 12.4. The molecule has 0 unspecified atom stereocenters. The molecule has 1 amide bonds. The number of carbonyl (C=O) groups excluding carboxylic acids is 1. The molecule has 1 N–H and O–H groups in total. The van der Waals surface area contributed by atoms with E-state index in [4.69, 9.17) is 9.26 Å². The Morgan fingerprint density at radius 3 is 2.74 bits per heavy atom. The average molecular weight is 478 g/mol. The van der Waals surface area contributed by atoms with E-state index < -0.39 is 0 Å². The first kappa shape index (κ1) is 24.7. The number of hydrogen-bond donors (Lipinski definition) is 1. The molecule has 186 valence electrons. The molecule has 1 aliphatic rings. The summed E-state index contributed by atoms with van der Waals surface area (Å²) in [5.74, 6) is 1.34. The summed E-state index contributed by atoms with van der Waals surface area (Å²) >= 11 is 0. The number of benzene rings is 2. The van der Waals surface area contributed by atoms with Gasteiger partial charge in [-0.3, -0.25) is 9.69 Å². The number of hydrogen-bond acceptors (Lipinski definition) is 7. The van der Waals surface area contributed by atoms with Crippen LogP contribution in [0.3, 0.4) is 0 Å². The fourth-order valence-corrected chi connectivity index (χ4v) is 4.42. The van der Waals surface area contributed by atoms with E-state index in [-0.39, 0.29) is 11.8 Å². The van der Waals surface area contributed by atoms with Gasteiger partial charge in [0.25, 0.3) is 0 Å². The van der Waals surface area contributed by atoms with Crippen molar-refractivity contribution >= 4 is 11.9 Å². The van der Waals surface area contributed by atoms with Gasteiger partial charge in [-0.15, -0.1) is 0 Å². The molecule has 1 saturated heterocycles. The summed E-state index contributed by atoms with van der Waals surface area (Å²) in [6.07, 6.45) is 2.72. The summed E-state index contributed by atoms with van der Waals surface area (Å²) in [5.41, 5.74) is 2.18. The molecule has 0 saturated carbocycles. The standard InChI is InChI=1S/C27H35N5O3/c1-3-31(19-21-9-5-4-6-10-21)17-8-16-28-26(33)23-11-7-18-32(20-23)27-29-25(30-35-27)22-12-14-24(34-2)15-13-22/h4-6,9-10,12-15,23H,3,7-8,11,16-20H2,1-2H3,(H,28,33)/t23-/m1/s1. The van der Waals surface area contributed by atoms with Crippen LogP contribution < -0.4 is 15.0 Å². The van der Waals surface area contributed by atoms with Crippen molar-refractivity contribution < 1.29 is 14.1 Å². The highest BCUT2D eigenvalue weighted by Gasteiger charge is 2.28. The van der Waals surface area contributed by atoms with Crippen LogP contribution in [-0.2, 0) is 11.3 Å². The number of rotatable bonds is 11. The minimum atomic E-state index is -0.0771. The molecule has 0 bridgehead atoms. The summed E-state index contributed by atoms with van der Waals surface area (Å²) in [5, 5.41) is 7.27. The molecule has 2 aromatic carbocycles. The van der Waals surface area contributed by atoms with Gasteiger partial charge in [-0.25, -0.2) is 0 Å². The van der Waals surface area contributed by atoms with Gasteiger partial charge in [0, 0.05) is 38.3 Å². The van der Waals surface area contributed by atoms with Crippen LogP contribution in [-0.4, -0.2) is 60.8 Å². The zero-order chi connectivity index (χ0) is 24.5. The van der Waals surface area contributed by atoms with Gasteiger partial charge in [0.1, 0.15) is 5.75 Å². The second kappa shape index (κ2) is 12.4. The molecule has 1 fully saturated rings. The second-order valence-electron chi connectivity index (χ2n) is 8.91. The van der Waals surface area contributed by atoms with Gasteiger partial charge < -0.3 is 19.5 Å². The fraction of sp³-hybridized carbons (Fsp3) is 0.444. The van der Waals surface area contributed by atoms with Gasteiger partial charge in [-0.05, 0) is 55.6 Å². The normalized spacial score (nSPS) is 15.9. The molecule has 3 aromatic rings. The average Bonchev–Trinajstić information content (AvgIpc) is 3.41. The van der Waals surface area contributed by atoms with Gasteiger partial charge in [0.15, 0.2) is 0 Å². The molecule has 0 spiro atoms. The van der Waals surface area contributed by atoms with E-state index in [0.717, 1.165) is 56.8 Å². The van der Waals surface area contributed by atoms with Crippen LogP contribution in [0.2, 0.25) is 0 Å². The first-order valence-electron chi connectivity index (χ1n) is 12.4. The number of nitrogens with one attached hydrogen (secondary N) is 1. The summed E-state index contributed by atoms with van der Waals surface area (Å²) < 4.78 is 10.7. The maximum Gasteiger partial charge on any atom is 0.324 e. The highest BCUT2D eigenvalue weighted by Crippen LogP contribution is 2.26. The lowest BCUT2D eigenvalue weighted by Gasteiger charge is -2.30. The van der Waals surface area contributed by atoms with Crippen LogP contribution in [0.5, 0.6) is 5.75 Å². The number of nitrogens with zero attached hydrogens (tertiary/aromatic N) is 4. The minimum absolute atomic E-state index is 0.0771. The molecule has 4 rings (SSSR count). The molecule has 8 nitrogen and oxygen atoms in total. The van der Waals surface area contributed by atoms with Crippen molar-refractivity contribution in [1.29, 1.82) is 0 Å². The van der Waals surface area contributed by atoms with Gasteiger partial charge in [-0.1, -0.05) is 42.4 Å². The van der Waals surface area contributed by atoms with Crippen molar-refractivity contribution in [2.45, 2.75) is 32.7 Å². The zero-order valence-corrected chi connectivity index (χ0v) is 20.7. The van der Waals surface area contributed by atoms with Crippen molar-refractivity contribution in [1.82, 2.24) is 20.4 Å². The Morgan fingerprint density at radius 2 is 2.00 bits per heavy atom. The molecule has 35 heavy (non-hydrogen) atoms. The van der Waals surface area contributed by atoms with E-state index in [0.29, 0.717) is 24.9 Å². The molecule has 1 aromatic heterocycles. The molecule has 0 aliphatic carbocycles. The molecular formula is C27H35N5O3. The summed E-state index contributed by atoms with van der Waals surface area (Å²) in [4.78, 5) is 21.8. The summed E-state index contributed by atoms with van der Waals surface area (Å²) in [7, 11) is 1.64. The zero-order valence-electron chi connectivity index (χ0n) is 20.7. The highest BCUT2D eigenvalue weighted by molar-refractivity contribution is 5.79. The van der Waals surface area contributed by atoms with Crippen LogP contribution >= 0.6 is 0 Å². The third kappa shape index (κ3) is 6.82. The van der Waals surface area contributed by atoms with Crippen LogP contribution in [0.25, 0.3) is 11.4 Å². The Kier molecular flexibility index (Phi) is 8.73. The Balaban J connectivity index is 1.23. The number of amides is 1. The number of carbonyl (C=O) groups is 1. The molecule has 1 atom stereocenters. The van der Waals surface area contributed by atoms with Gasteiger partial charge >= 0.3 is 6.01 Å². The third-order valence-corrected chi connectivity index (χ3v) is 6.47. The van der Waals surface area contributed by atoms with Crippen molar-refractivity contribution in [2.75, 3.05) is 44.7 Å². The topological polar surface area (TPSA) is 83.7 Å². The Hall–Kier alpha value is -3.39. The van der Waals surface area contributed by atoms with Gasteiger partial charge in [-0.2, -0.15) is 4.98 Å². The monoisotopic (exact) mass is 477 g/mol. The summed E-state index contributed by atoms with van der Waals surface area (Å²) in [6, 6.07) is 18.5. The van der Waals surface area contributed by atoms with E-state index in [1.165, 1.54) is 5.56 Å². The van der Waals surface area contributed by atoms with Gasteiger partial charge in [0.2, 0.25) is 11.7 Å². The maximum atomic E-state index is 12.8. The first-order chi connectivity index (χ1) is 17.2. The van der Waals surface area contributed by atoms with Crippen molar-refractivity contribution in [3.8, 4) is 17.1 Å². The predicted molar refractivity (Wildman–Crippen MR) is 136 cm³/mol.